The lowest BCUT2D eigenvalue weighted by Crippen LogP contribution is -2.14. The number of nitrogens with one attached hydrogen (secondary N) is 1. The first-order valence-electron chi connectivity index (χ1n) is 6.31. The lowest BCUT2D eigenvalue weighted by molar-refractivity contribution is 0.415. The maximum absolute atomic E-state index is 3.49. The van der Waals surface area contributed by atoms with Gasteiger partial charge in [0.1, 0.15) is 0 Å². The molecule has 1 nitrogen and oxygen atoms in total. The van der Waals surface area contributed by atoms with Gasteiger partial charge in [0.05, 0.1) is 0 Å². The highest BCUT2D eigenvalue weighted by Gasteiger charge is 2.66. The van der Waals surface area contributed by atoms with E-state index >= 15 is 0 Å². The molecule has 2 rings (SSSR count). The number of hydrogen-bond acceptors (Lipinski definition) is 1. The first kappa shape index (κ1) is 13.1. The zero-order chi connectivity index (χ0) is 12.7. The van der Waals surface area contributed by atoms with Gasteiger partial charge in [0, 0.05) is 4.47 Å². The van der Waals surface area contributed by atoms with Crippen LogP contribution >= 0.6 is 15.9 Å². The van der Waals surface area contributed by atoms with E-state index in [1.807, 2.05) is 0 Å². The van der Waals surface area contributed by atoms with E-state index in [0.29, 0.717) is 10.8 Å². The molecule has 0 amide bonds. The smallest absolute Gasteiger partial charge is 0.0175 e. The molecule has 0 saturated heterocycles. The van der Waals surface area contributed by atoms with E-state index in [1.165, 1.54) is 12.0 Å². The van der Waals surface area contributed by atoms with Crippen molar-refractivity contribution < 1.29 is 0 Å². The molecule has 1 aliphatic carbocycles. The van der Waals surface area contributed by atoms with E-state index in [-0.39, 0.29) is 0 Å². The molecule has 1 aromatic carbocycles. The van der Waals surface area contributed by atoms with Gasteiger partial charge in [-0.15, -0.1) is 0 Å². The van der Waals surface area contributed by atoms with Crippen molar-refractivity contribution in [2.75, 3.05) is 13.6 Å². The Morgan fingerprint density at radius 3 is 2.29 bits per heavy atom. The van der Waals surface area contributed by atoms with Gasteiger partial charge in [-0.25, -0.2) is 0 Å². The molecule has 1 aliphatic rings. The van der Waals surface area contributed by atoms with Gasteiger partial charge >= 0.3 is 0 Å². The van der Waals surface area contributed by atoms with Crippen LogP contribution in [0.2, 0.25) is 0 Å². The van der Waals surface area contributed by atoms with Crippen LogP contribution in [0.25, 0.3) is 0 Å². The highest BCUT2D eigenvalue weighted by molar-refractivity contribution is 9.10. The SMILES string of the molecule is CNCC1C(C)(C)C1(C)Cc1ccc(Br)cc1. The summed E-state index contributed by atoms with van der Waals surface area (Å²) in [7, 11) is 2.05. The van der Waals surface area contributed by atoms with Crippen LogP contribution in [0, 0.1) is 16.7 Å². The Labute approximate surface area is 113 Å². The van der Waals surface area contributed by atoms with Crippen LogP contribution in [0.3, 0.4) is 0 Å². The number of rotatable bonds is 4. The topological polar surface area (TPSA) is 12.0 Å². The third kappa shape index (κ3) is 2.17. The van der Waals surface area contributed by atoms with E-state index < -0.39 is 0 Å². The molecule has 1 saturated carbocycles. The minimum absolute atomic E-state index is 0.434. The van der Waals surface area contributed by atoms with Gasteiger partial charge in [-0.3, -0.25) is 0 Å². The Hall–Kier alpha value is -0.340. The molecule has 17 heavy (non-hydrogen) atoms. The highest BCUT2D eigenvalue weighted by Crippen LogP contribution is 2.69. The van der Waals surface area contributed by atoms with Crippen LogP contribution in [0.5, 0.6) is 0 Å². The van der Waals surface area contributed by atoms with Crippen molar-refractivity contribution in [1.82, 2.24) is 5.32 Å². The monoisotopic (exact) mass is 295 g/mol. The summed E-state index contributed by atoms with van der Waals surface area (Å²) in [5, 5.41) is 3.33. The molecule has 0 aromatic heterocycles. The minimum atomic E-state index is 0.434. The summed E-state index contributed by atoms with van der Waals surface area (Å²) in [6.07, 6.45) is 1.18. The molecule has 0 aliphatic heterocycles. The van der Waals surface area contributed by atoms with Gasteiger partial charge in [-0.05, 0) is 54.5 Å². The summed E-state index contributed by atoms with van der Waals surface area (Å²) in [6, 6.07) is 8.75. The molecule has 94 valence electrons. The molecule has 0 spiro atoms. The predicted molar refractivity (Wildman–Crippen MR) is 77.2 cm³/mol. The summed E-state index contributed by atoms with van der Waals surface area (Å²) >= 11 is 3.49. The number of halogens is 1. The van der Waals surface area contributed by atoms with E-state index in [2.05, 4.69) is 73.3 Å². The van der Waals surface area contributed by atoms with Gasteiger partial charge in [-0.1, -0.05) is 48.8 Å². The van der Waals surface area contributed by atoms with Crippen LogP contribution in [-0.4, -0.2) is 13.6 Å². The molecular formula is C15H22BrN. The second-order valence-electron chi connectivity index (χ2n) is 6.05. The molecule has 1 aromatic rings. The first-order chi connectivity index (χ1) is 7.91. The molecule has 1 fully saturated rings. The molecule has 0 radical (unpaired) electrons. The normalized spacial score (nSPS) is 30.3. The first-order valence-corrected chi connectivity index (χ1v) is 7.10. The fourth-order valence-electron chi connectivity index (χ4n) is 3.26. The summed E-state index contributed by atoms with van der Waals surface area (Å²) in [6.45, 7) is 8.35. The van der Waals surface area contributed by atoms with Crippen LogP contribution in [0.4, 0.5) is 0 Å². The summed E-state index contributed by atoms with van der Waals surface area (Å²) in [5.74, 6) is 0.781. The Kier molecular flexibility index (Phi) is 3.39. The van der Waals surface area contributed by atoms with Crippen molar-refractivity contribution in [2.24, 2.45) is 16.7 Å². The lowest BCUT2D eigenvalue weighted by Gasteiger charge is -2.14. The third-order valence-electron chi connectivity index (χ3n) is 4.92. The van der Waals surface area contributed by atoms with Gasteiger partial charge in [-0.2, -0.15) is 0 Å². The van der Waals surface area contributed by atoms with Gasteiger partial charge in [0.25, 0.3) is 0 Å². The fraction of sp³-hybridized carbons (Fsp3) is 0.600. The zero-order valence-corrected chi connectivity index (χ0v) is 12.8. The van der Waals surface area contributed by atoms with E-state index in [4.69, 9.17) is 0 Å². The van der Waals surface area contributed by atoms with Gasteiger partial charge in [0.2, 0.25) is 0 Å². The van der Waals surface area contributed by atoms with Crippen LogP contribution in [0.15, 0.2) is 28.7 Å². The van der Waals surface area contributed by atoms with E-state index in [1.54, 1.807) is 0 Å². The quantitative estimate of drug-likeness (QED) is 0.889. The second-order valence-corrected chi connectivity index (χ2v) is 6.97. The zero-order valence-electron chi connectivity index (χ0n) is 11.2. The van der Waals surface area contributed by atoms with Crippen molar-refractivity contribution >= 4 is 15.9 Å². The summed E-state index contributed by atoms with van der Waals surface area (Å²) < 4.78 is 1.16. The van der Waals surface area contributed by atoms with Crippen molar-refractivity contribution in [3.05, 3.63) is 34.3 Å². The van der Waals surface area contributed by atoms with Crippen molar-refractivity contribution in [2.45, 2.75) is 27.2 Å². The average Bonchev–Trinajstić information content (AvgIpc) is 2.67. The molecule has 2 atom stereocenters. The maximum Gasteiger partial charge on any atom is 0.0175 e. The predicted octanol–water partition coefficient (Wildman–Crippen LogP) is 3.87. The average molecular weight is 296 g/mol. The van der Waals surface area contributed by atoms with E-state index in [0.717, 1.165) is 16.9 Å². The molecule has 0 heterocycles. The van der Waals surface area contributed by atoms with Gasteiger partial charge < -0.3 is 5.32 Å². The Morgan fingerprint density at radius 2 is 1.76 bits per heavy atom. The van der Waals surface area contributed by atoms with E-state index in [9.17, 15) is 0 Å². The Bertz CT molecular complexity index is 396. The highest BCUT2D eigenvalue weighted by atomic mass is 79.9. The second kappa shape index (κ2) is 4.40. The Balaban J connectivity index is 2.11. The fourth-order valence-corrected chi connectivity index (χ4v) is 3.52. The molecule has 2 unspecified atom stereocenters. The standard InChI is InChI=1S/C15H22BrN/c1-14(2)13(10-17-4)15(14,3)9-11-5-7-12(16)8-6-11/h5-8,13,17H,9-10H2,1-4H3. The van der Waals surface area contributed by atoms with Crippen LogP contribution in [0.1, 0.15) is 26.3 Å². The number of hydrogen-bond donors (Lipinski definition) is 1. The van der Waals surface area contributed by atoms with Crippen LogP contribution in [-0.2, 0) is 6.42 Å². The van der Waals surface area contributed by atoms with Crippen LogP contribution < -0.4 is 5.32 Å². The summed E-state index contributed by atoms with van der Waals surface area (Å²) in [4.78, 5) is 0. The number of benzene rings is 1. The summed E-state index contributed by atoms with van der Waals surface area (Å²) in [5.41, 5.74) is 2.33. The lowest BCUT2D eigenvalue weighted by atomic mass is 9.90. The minimum Gasteiger partial charge on any atom is -0.319 e. The van der Waals surface area contributed by atoms with Gasteiger partial charge in [0.15, 0.2) is 0 Å². The maximum atomic E-state index is 3.49. The molecule has 0 bridgehead atoms. The largest absolute Gasteiger partial charge is 0.319 e. The van der Waals surface area contributed by atoms with Crippen molar-refractivity contribution in [3.8, 4) is 0 Å². The van der Waals surface area contributed by atoms with Crippen molar-refractivity contribution in [1.29, 1.82) is 0 Å². The third-order valence-corrected chi connectivity index (χ3v) is 5.45. The molecular weight excluding hydrogens is 274 g/mol. The molecule has 2 heteroatoms. The Morgan fingerprint density at radius 1 is 1.18 bits per heavy atom. The van der Waals surface area contributed by atoms with Crippen molar-refractivity contribution in [3.63, 3.8) is 0 Å². The molecule has 1 N–H and O–H groups in total.